The van der Waals surface area contributed by atoms with Gasteiger partial charge in [0.25, 0.3) is 0 Å². The van der Waals surface area contributed by atoms with Crippen LogP contribution in [0.1, 0.15) is 22.9 Å². The molecule has 0 aliphatic carbocycles. The van der Waals surface area contributed by atoms with Crippen LogP contribution in [0, 0.1) is 6.92 Å². The number of benzene rings is 1. The highest BCUT2D eigenvalue weighted by atomic mass is 32.1. The van der Waals surface area contributed by atoms with E-state index in [-0.39, 0.29) is 11.9 Å². The highest BCUT2D eigenvalue weighted by Crippen LogP contribution is 2.31. The zero-order chi connectivity index (χ0) is 14.1. The number of hydrogen-bond acceptors (Lipinski definition) is 5. The second-order valence-electron chi connectivity index (χ2n) is 5.16. The normalized spacial score (nSPS) is 16.9. The lowest BCUT2D eigenvalue weighted by atomic mass is 9.96. The Morgan fingerprint density at radius 1 is 1.50 bits per heavy atom. The Balaban J connectivity index is 2.00. The van der Waals surface area contributed by atoms with Crippen LogP contribution in [0.15, 0.2) is 18.2 Å². The Labute approximate surface area is 122 Å². The van der Waals surface area contributed by atoms with Gasteiger partial charge in [-0.3, -0.25) is 4.79 Å². The number of methoxy groups -OCH3 is 1. The first-order valence-corrected chi connectivity index (χ1v) is 7.67. The molecular formula is C15H18N2O2S. The van der Waals surface area contributed by atoms with Gasteiger partial charge in [0.05, 0.1) is 28.3 Å². The van der Waals surface area contributed by atoms with Crippen LogP contribution in [-0.4, -0.2) is 42.6 Å². The van der Waals surface area contributed by atoms with Crippen molar-refractivity contribution in [3.8, 4) is 0 Å². The van der Waals surface area contributed by atoms with Crippen molar-refractivity contribution in [1.82, 2.24) is 9.88 Å². The van der Waals surface area contributed by atoms with Crippen molar-refractivity contribution in [1.29, 1.82) is 0 Å². The van der Waals surface area contributed by atoms with Crippen molar-refractivity contribution in [3.05, 3.63) is 28.8 Å². The summed E-state index contributed by atoms with van der Waals surface area (Å²) < 4.78 is 6.14. The van der Waals surface area contributed by atoms with Gasteiger partial charge in [-0.05, 0) is 38.1 Å². The third kappa shape index (κ3) is 2.43. The van der Waals surface area contributed by atoms with Gasteiger partial charge in [-0.15, -0.1) is 11.3 Å². The summed E-state index contributed by atoms with van der Waals surface area (Å²) in [5.41, 5.74) is 1.94. The molecule has 1 aromatic carbocycles. The summed E-state index contributed by atoms with van der Waals surface area (Å²) in [5.74, 6) is -0.416. The quantitative estimate of drug-likeness (QED) is 0.812. The molecule has 1 saturated heterocycles. The van der Waals surface area contributed by atoms with Gasteiger partial charge in [-0.2, -0.15) is 0 Å². The molecule has 106 valence electrons. The van der Waals surface area contributed by atoms with E-state index in [0.717, 1.165) is 40.4 Å². The molecule has 2 aromatic rings. The van der Waals surface area contributed by atoms with Gasteiger partial charge in [-0.25, -0.2) is 4.98 Å². The maximum atomic E-state index is 12.2. The molecule has 0 bridgehead atoms. The fraction of sp³-hybridized carbons (Fsp3) is 0.467. The Kier molecular flexibility index (Phi) is 3.72. The first-order valence-electron chi connectivity index (χ1n) is 6.85. The van der Waals surface area contributed by atoms with E-state index in [1.165, 1.54) is 13.5 Å². The monoisotopic (exact) mass is 290 g/mol. The van der Waals surface area contributed by atoms with Crippen LogP contribution >= 0.6 is 11.3 Å². The number of esters is 1. The lowest BCUT2D eigenvalue weighted by Gasteiger charge is -2.33. The Morgan fingerprint density at radius 3 is 2.95 bits per heavy atom. The number of thiazole rings is 1. The second-order valence-corrected chi connectivity index (χ2v) is 6.39. The van der Waals surface area contributed by atoms with Crippen molar-refractivity contribution in [3.63, 3.8) is 0 Å². The van der Waals surface area contributed by atoms with Crippen molar-refractivity contribution >= 4 is 27.5 Å². The predicted molar refractivity (Wildman–Crippen MR) is 80.2 cm³/mol. The average molecular weight is 290 g/mol. The third-order valence-electron chi connectivity index (χ3n) is 3.81. The number of aryl methyl sites for hydroxylation is 1. The van der Waals surface area contributed by atoms with E-state index >= 15 is 0 Å². The summed E-state index contributed by atoms with van der Waals surface area (Å²) in [6, 6.07) is 6.06. The van der Waals surface area contributed by atoms with Gasteiger partial charge in [0.2, 0.25) is 0 Å². The summed E-state index contributed by atoms with van der Waals surface area (Å²) in [5, 5.41) is 1.03. The first-order chi connectivity index (χ1) is 9.69. The molecule has 1 fully saturated rings. The lowest BCUT2D eigenvalue weighted by Crippen LogP contribution is -2.41. The fourth-order valence-corrected chi connectivity index (χ4v) is 3.49. The number of carbonyl (C=O) groups is 1. The van der Waals surface area contributed by atoms with Crippen molar-refractivity contribution in [2.75, 3.05) is 26.7 Å². The molecular weight excluding hydrogens is 272 g/mol. The Bertz CT molecular complexity index is 634. The van der Waals surface area contributed by atoms with E-state index in [1.807, 2.05) is 19.1 Å². The zero-order valence-corrected chi connectivity index (χ0v) is 12.6. The molecule has 3 rings (SSSR count). The number of likely N-dealkylation sites (tertiary alicyclic amines) is 1. The number of nitrogens with zero attached hydrogens (tertiary/aromatic N) is 2. The highest BCUT2D eigenvalue weighted by molar-refractivity contribution is 7.18. The fourth-order valence-electron chi connectivity index (χ4n) is 2.63. The summed E-state index contributed by atoms with van der Waals surface area (Å²) >= 11 is 1.66. The number of para-hydroxylation sites is 1. The van der Waals surface area contributed by atoms with E-state index < -0.39 is 0 Å². The topological polar surface area (TPSA) is 42.4 Å². The number of hydrogen-bond donors (Lipinski definition) is 0. The van der Waals surface area contributed by atoms with Gasteiger partial charge in [0.15, 0.2) is 0 Å². The summed E-state index contributed by atoms with van der Waals surface area (Å²) in [4.78, 5) is 19.1. The van der Waals surface area contributed by atoms with Gasteiger partial charge in [0.1, 0.15) is 0 Å². The predicted octanol–water partition coefficient (Wildman–Crippen LogP) is 2.57. The SMILES string of the molecule is COC(=O)C(CN1CCC1)c1cccc2sc(C)nc12. The number of aromatic nitrogens is 1. The van der Waals surface area contributed by atoms with E-state index in [1.54, 1.807) is 11.3 Å². The molecule has 20 heavy (non-hydrogen) atoms. The van der Waals surface area contributed by atoms with Crippen LogP contribution in [0.25, 0.3) is 10.2 Å². The lowest BCUT2D eigenvalue weighted by molar-refractivity contribution is -0.143. The third-order valence-corrected chi connectivity index (χ3v) is 4.74. The van der Waals surface area contributed by atoms with Crippen molar-refractivity contribution < 1.29 is 9.53 Å². The molecule has 5 heteroatoms. The Morgan fingerprint density at radius 2 is 2.30 bits per heavy atom. The largest absolute Gasteiger partial charge is 0.469 e. The van der Waals surface area contributed by atoms with Gasteiger partial charge >= 0.3 is 5.97 Å². The molecule has 0 spiro atoms. The maximum absolute atomic E-state index is 12.2. The van der Waals surface area contributed by atoms with Gasteiger partial charge < -0.3 is 9.64 Å². The molecule has 1 aromatic heterocycles. The molecule has 2 heterocycles. The zero-order valence-electron chi connectivity index (χ0n) is 11.8. The van der Waals surface area contributed by atoms with Crippen molar-refractivity contribution in [2.24, 2.45) is 0 Å². The van der Waals surface area contributed by atoms with Crippen LogP contribution in [0.3, 0.4) is 0 Å². The van der Waals surface area contributed by atoms with Crippen LogP contribution in [0.4, 0.5) is 0 Å². The first kappa shape index (κ1) is 13.5. The molecule has 1 unspecified atom stereocenters. The summed E-state index contributed by atoms with van der Waals surface area (Å²) in [7, 11) is 1.46. The van der Waals surface area contributed by atoms with Gasteiger partial charge in [-0.1, -0.05) is 12.1 Å². The molecule has 1 aliphatic rings. The average Bonchev–Trinajstić information content (AvgIpc) is 2.77. The smallest absolute Gasteiger partial charge is 0.314 e. The minimum Gasteiger partial charge on any atom is -0.469 e. The molecule has 1 aliphatic heterocycles. The Hall–Kier alpha value is -1.46. The number of fused-ring (bicyclic) bond motifs is 1. The van der Waals surface area contributed by atoms with Gasteiger partial charge in [0, 0.05) is 6.54 Å². The van der Waals surface area contributed by atoms with Crippen LogP contribution in [0.5, 0.6) is 0 Å². The molecule has 1 atom stereocenters. The molecule has 0 N–H and O–H groups in total. The molecule has 0 saturated carbocycles. The maximum Gasteiger partial charge on any atom is 0.314 e. The minimum absolute atomic E-state index is 0.171. The van der Waals surface area contributed by atoms with Crippen LogP contribution in [0.2, 0.25) is 0 Å². The summed E-state index contributed by atoms with van der Waals surface area (Å²) in [6.45, 7) is 4.86. The van der Waals surface area contributed by atoms with E-state index in [9.17, 15) is 4.79 Å². The van der Waals surface area contributed by atoms with Crippen molar-refractivity contribution in [2.45, 2.75) is 19.3 Å². The molecule has 0 amide bonds. The summed E-state index contributed by atoms with van der Waals surface area (Å²) in [6.07, 6.45) is 1.22. The second kappa shape index (κ2) is 5.50. The van der Waals surface area contributed by atoms with E-state index in [4.69, 9.17) is 4.74 Å². The minimum atomic E-state index is -0.245. The van der Waals surface area contributed by atoms with E-state index in [0.29, 0.717) is 0 Å². The van der Waals surface area contributed by atoms with Crippen LogP contribution < -0.4 is 0 Å². The number of rotatable bonds is 4. The highest BCUT2D eigenvalue weighted by Gasteiger charge is 2.28. The van der Waals surface area contributed by atoms with Crippen LogP contribution in [-0.2, 0) is 9.53 Å². The standard InChI is InChI=1S/C15H18N2O2S/c1-10-16-14-11(5-3-6-13(14)20-10)12(15(18)19-2)9-17-7-4-8-17/h3,5-6,12H,4,7-9H2,1-2H3. The molecule has 4 nitrogen and oxygen atoms in total. The van der Waals surface area contributed by atoms with E-state index in [2.05, 4.69) is 16.0 Å². The number of ether oxygens (including phenoxy) is 1. The number of carbonyl (C=O) groups excluding carboxylic acids is 1. The molecule has 0 radical (unpaired) electrons.